The van der Waals surface area contributed by atoms with Crippen LogP contribution in [0.1, 0.15) is 22.7 Å². The van der Waals surface area contributed by atoms with E-state index in [4.69, 9.17) is 9.47 Å². The van der Waals surface area contributed by atoms with Crippen LogP contribution in [0.4, 0.5) is 0 Å². The SMILES string of the molecule is COc1ccc(CC(=O)NCC(c2ccc(C)cc2)N(C)C)cc1S(=O)(=O)N1CCOCC1. The Kier molecular flexibility index (Phi) is 8.47. The average Bonchev–Trinajstić information content (AvgIpc) is 2.80. The number of ether oxygens (including phenoxy) is 2. The normalized spacial score (nSPS) is 15.9. The van der Waals surface area contributed by atoms with Crippen molar-refractivity contribution in [2.75, 3.05) is 54.1 Å². The zero-order valence-electron chi connectivity index (χ0n) is 19.7. The minimum absolute atomic E-state index is 0.0303. The van der Waals surface area contributed by atoms with E-state index in [0.29, 0.717) is 38.4 Å². The van der Waals surface area contributed by atoms with Crippen molar-refractivity contribution in [2.24, 2.45) is 0 Å². The Labute approximate surface area is 196 Å². The first-order chi connectivity index (χ1) is 15.7. The summed E-state index contributed by atoms with van der Waals surface area (Å²) in [7, 11) is 1.64. The van der Waals surface area contributed by atoms with Crippen LogP contribution in [0.3, 0.4) is 0 Å². The number of methoxy groups -OCH3 is 1. The molecule has 0 aromatic heterocycles. The van der Waals surface area contributed by atoms with Crippen molar-refractivity contribution in [1.82, 2.24) is 14.5 Å². The molecule has 0 aliphatic carbocycles. The molecule has 0 saturated carbocycles. The van der Waals surface area contributed by atoms with E-state index in [1.165, 1.54) is 23.0 Å². The first kappa shape index (κ1) is 25.2. The molecule has 2 aromatic rings. The number of nitrogens with zero attached hydrogens (tertiary/aromatic N) is 2. The largest absolute Gasteiger partial charge is 0.495 e. The van der Waals surface area contributed by atoms with Gasteiger partial charge in [0.1, 0.15) is 10.6 Å². The van der Waals surface area contributed by atoms with Crippen LogP contribution < -0.4 is 10.1 Å². The van der Waals surface area contributed by atoms with Crippen LogP contribution in [0.5, 0.6) is 5.75 Å². The molecule has 0 spiro atoms. The summed E-state index contributed by atoms with van der Waals surface area (Å²) in [6, 6.07) is 13.1. The highest BCUT2D eigenvalue weighted by Gasteiger charge is 2.29. The summed E-state index contributed by atoms with van der Waals surface area (Å²) < 4.78 is 38.3. The number of rotatable bonds is 9. The lowest BCUT2D eigenvalue weighted by atomic mass is 10.0. The fraction of sp³-hybridized carbons (Fsp3) is 0.458. The highest BCUT2D eigenvalue weighted by Crippen LogP contribution is 2.28. The van der Waals surface area contributed by atoms with E-state index in [-0.39, 0.29) is 29.0 Å². The zero-order valence-corrected chi connectivity index (χ0v) is 20.5. The summed E-state index contributed by atoms with van der Waals surface area (Å²) in [4.78, 5) is 14.8. The molecule has 1 N–H and O–H groups in total. The molecule has 1 heterocycles. The maximum Gasteiger partial charge on any atom is 0.246 e. The Bertz CT molecular complexity index is 1050. The lowest BCUT2D eigenvalue weighted by molar-refractivity contribution is -0.120. The van der Waals surface area contributed by atoms with E-state index in [2.05, 4.69) is 34.5 Å². The predicted molar refractivity (Wildman–Crippen MR) is 127 cm³/mol. The van der Waals surface area contributed by atoms with Gasteiger partial charge >= 0.3 is 0 Å². The van der Waals surface area contributed by atoms with Gasteiger partial charge in [-0.3, -0.25) is 4.79 Å². The number of hydrogen-bond acceptors (Lipinski definition) is 6. The molecule has 1 aliphatic heterocycles. The average molecular weight is 476 g/mol. The van der Waals surface area contributed by atoms with E-state index in [0.717, 1.165) is 5.56 Å². The number of hydrogen-bond donors (Lipinski definition) is 1. The van der Waals surface area contributed by atoms with Gasteiger partial charge in [0, 0.05) is 19.6 Å². The van der Waals surface area contributed by atoms with Crippen molar-refractivity contribution in [1.29, 1.82) is 0 Å². The van der Waals surface area contributed by atoms with Gasteiger partial charge in [-0.05, 0) is 44.3 Å². The fourth-order valence-electron chi connectivity index (χ4n) is 3.80. The molecule has 1 aliphatic rings. The van der Waals surface area contributed by atoms with Gasteiger partial charge in [-0.15, -0.1) is 0 Å². The van der Waals surface area contributed by atoms with Crippen molar-refractivity contribution >= 4 is 15.9 Å². The first-order valence-electron chi connectivity index (χ1n) is 11.0. The van der Waals surface area contributed by atoms with Gasteiger partial charge in [0.15, 0.2) is 0 Å². The highest BCUT2D eigenvalue weighted by molar-refractivity contribution is 7.89. The van der Waals surface area contributed by atoms with Crippen molar-refractivity contribution in [3.8, 4) is 5.75 Å². The Morgan fingerprint density at radius 3 is 2.42 bits per heavy atom. The van der Waals surface area contributed by atoms with Crippen molar-refractivity contribution < 1.29 is 22.7 Å². The molecule has 1 unspecified atom stereocenters. The van der Waals surface area contributed by atoms with E-state index >= 15 is 0 Å². The van der Waals surface area contributed by atoms with Crippen LogP contribution in [0.15, 0.2) is 47.4 Å². The molecular weight excluding hydrogens is 442 g/mol. The molecule has 1 fully saturated rings. The van der Waals surface area contributed by atoms with Gasteiger partial charge in [0.05, 0.1) is 32.8 Å². The molecule has 1 atom stereocenters. The van der Waals surface area contributed by atoms with Crippen LogP contribution >= 0.6 is 0 Å². The van der Waals surface area contributed by atoms with Crippen molar-refractivity contribution in [2.45, 2.75) is 24.3 Å². The highest BCUT2D eigenvalue weighted by atomic mass is 32.2. The van der Waals surface area contributed by atoms with Gasteiger partial charge in [-0.2, -0.15) is 4.31 Å². The summed E-state index contributed by atoms with van der Waals surface area (Å²) >= 11 is 0. The lowest BCUT2D eigenvalue weighted by Crippen LogP contribution is -2.40. The lowest BCUT2D eigenvalue weighted by Gasteiger charge is -2.27. The van der Waals surface area contributed by atoms with Crippen LogP contribution in [-0.4, -0.2) is 77.6 Å². The number of likely N-dealkylation sites (N-methyl/N-ethyl adjacent to an activating group) is 1. The topological polar surface area (TPSA) is 88.2 Å². The smallest absolute Gasteiger partial charge is 0.246 e. The van der Waals surface area contributed by atoms with Gasteiger partial charge in [-0.1, -0.05) is 35.9 Å². The third-order valence-electron chi connectivity index (χ3n) is 5.76. The molecule has 8 nitrogen and oxygen atoms in total. The maximum absolute atomic E-state index is 13.2. The fourth-order valence-corrected chi connectivity index (χ4v) is 5.42. The van der Waals surface area contributed by atoms with Crippen LogP contribution in [0, 0.1) is 6.92 Å². The number of carbonyl (C=O) groups is 1. The standard InChI is InChI=1S/C24H33N3O5S/c1-18-5-8-20(9-6-18)21(26(2)3)17-25-24(28)16-19-7-10-22(31-4)23(15-19)33(29,30)27-11-13-32-14-12-27/h5-10,15,21H,11-14,16-17H2,1-4H3,(H,25,28). The summed E-state index contributed by atoms with van der Waals surface area (Å²) in [5.41, 5.74) is 2.91. The minimum Gasteiger partial charge on any atom is -0.495 e. The number of amides is 1. The number of carbonyl (C=O) groups excluding carboxylic acids is 1. The molecule has 0 bridgehead atoms. The quantitative estimate of drug-likeness (QED) is 0.597. The Morgan fingerprint density at radius 1 is 1.15 bits per heavy atom. The van der Waals surface area contributed by atoms with Crippen molar-refractivity contribution in [3.63, 3.8) is 0 Å². The second-order valence-corrected chi connectivity index (χ2v) is 10.3. The van der Waals surface area contributed by atoms with Gasteiger partial charge < -0.3 is 19.7 Å². The monoisotopic (exact) mass is 475 g/mol. The molecule has 33 heavy (non-hydrogen) atoms. The third-order valence-corrected chi connectivity index (χ3v) is 7.68. The summed E-state index contributed by atoms with van der Waals surface area (Å²) in [5.74, 6) is 0.0894. The van der Waals surface area contributed by atoms with E-state index in [9.17, 15) is 13.2 Å². The van der Waals surface area contributed by atoms with E-state index < -0.39 is 10.0 Å². The molecule has 3 rings (SSSR count). The summed E-state index contributed by atoms with van der Waals surface area (Å²) in [5, 5.41) is 2.99. The Morgan fingerprint density at radius 2 is 1.82 bits per heavy atom. The number of sulfonamides is 1. The van der Waals surface area contributed by atoms with Crippen molar-refractivity contribution in [3.05, 3.63) is 59.2 Å². The summed E-state index contributed by atoms with van der Waals surface area (Å²) in [6.45, 7) is 3.79. The summed E-state index contributed by atoms with van der Waals surface area (Å²) in [6.07, 6.45) is 0.0731. The molecule has 0 radical (unpaired) electrons. The number of aryl methyl sites for hydroxylation is 1. The Hall–Kier alpha value is -2.46. The molecule has 9 heteroatoms. The molecule has 1 saturated heterocycles. The second kappa shape index (κ2) is 11.1. The number of benzene rings is 2. The van der Waals surface area contributed by atoms with Crippen LogP contribution in [0.25, 0.3) is 0 Å². The molecule has 2 aromatic carbocycles. The molecule has 180 valence electrons. The predicted octanol–water partition coefficient (Wildman–Crippen LogP) is 1.99. The third kappa shape index (κ3) is 6.32. The van der Waals surface area contributed by atoms with Crippen LogP contribution in [-0.2, 0) is 26.0 Å². The van der Waals surface area contributed by atoms with Gasteiger partial charge in [0.2, 0.25) is 15.9 Å². The minimum atomic E-state index is -3.75. The van der Waals surface area contributed by atoms with Gasteiger partial charge in [0.25, 0.3) is 0 Å². The van der Waals surface area contributed by atoms with Crippen LogP contribution in [0.2, 0.25) is 0 Å². The zero-order chi connectivity index (χ0) is 24.0. The molecular formula is C24H33N3O5S. The van der Waals surface area contributed by atoms with Gasteiger partial charge in [-0.25, -0.2) is 8.42 Å². The first-order valence-corrected chi connectivity index (χ1v) is 12.4. The Balaban J connectivity index is 1.71. The molecule has 1 amide bonds. The second-order valence-electron chi connectivity index (χ2n) is 8.37. The maximum atomic E-state index is 13.2. The van der Waals surface area contributed by atoms with E-state index in [1.54, 1.807) is 12.1 Å². The van der Waals surface area contributed by atoms with E-state index in [1.807, 2.05) is 21.0 Å². The number of morpholine rings is 1. The number of nitrogens with one attached hydrogen (secondary N) is 1.